The number of aromatic carboxylic acids is 1. The Morgan fingerprint density at radius 3 is 2.59 bits per heavy atom. The monoisotopic (exact) mass is 250 g/mol. The van der Waals surface area contributed by atoms with Gasteiger partial charge in [-0.3, -0.25) is 5.10 Å². The Labute approximate surface area is 103 Å². The summed E-state index contributed by atoms with van der Waals surface area (Å²) in [5, 5.41) is 16.3. The highest BCUT2D eigenvalue weighted by molar-refractivity contribution is 6.31. The Balaban J connectivity index is 2.64. The molecule has 0 radical (unpaired) electrons. The molecule has 4 nitrogen and oxygen atoms in total. The lowest BCUT2D eigenvalue weighted by molar-refractivity contribution is 0.0697. The predicted molar refractivity (Wildman–Crippen MR) is 65.5 cm³/mol. The van der Waals surface area contributed by atoms with Gasteiger partial charge in [-0.25, -0.2) is 4.79 Å². The predicted octanol–water partition coefficient (Wildman–Crippen LogP) is 3.05. The number of benzene rings is 1. The average Bonchev–Trinajstić information content (AvgIpc) is 2.57. The number of carbonyl (C=O) groups is 1. The molecule has 1 aromatic carbocycles. The molecule has 0 amide bonds. The lowest BCUT2D eigenvalue weighted by Crippen LogP contribution is -1.96. The minimum atomic E-state index is -0.993. The molecule has 0 saturated heterocycles. The van der Waals surface area contributed by atoms with Crippen LogP contribution in [0, 0.1) is 13.8 Å². The number of nitrogens with zero attached hydrogens (tertiary/aromatic N) is 1. The highest BCUT2D eigenvalue weighted by atomic mass is 35.5. The van der Waals surface area contributed by atoms with E-state index in [1.807, 2.05) is 13.8 Å². The van der Waals surface area contributed by atoms with Crippen LogP contribution in [-0.2, 0) is 0 Å². The van der Waals surface area contributed by atoms with Crippen molar-refractivity contribution in [1.82, 2.24) is 10.2 Å². The van der Waals surface area contributed by atoms with E-state index in [1.165, 1.54) is 6.07 Å². The van der Waals surface area contributed by atoms with Crippen LogP contribution in [0.15, 0.2) is 18.2 Å². The fourth-order valence-electron chi connectivity index (χ4n) is 1.83. The van der Waals surface area contributed by atoms with Gasteiger partial charge in [-0.2, -0.15) is 5.10 Å². The molecule has 0 aliphatic carbocycles. The molecule has 88 valence electrons. The van der Waals surface area contributed by atoms with Gasteiger partial charge in [-0.15, -0.1) is 0 Å². The molecular formula is C12H11ClN2O2. The van der Waals surface area contributed by atoms with Crippen LogP contribution in [0.4, 0.5) is 0 Å². The number of rotatable bonds is 2. The molecule has 5 heteroatoms. The molecule has 17 heavy (non-hydrogen) atoms. The minimum absolute atomic E-state index is 0.174. The van der Waals surface area contributed by atoms with Crippen molar-refractivity contribution in [3.8, 4) is 11.1 Å². The van der Waals surface area contributed by atoms with Crippen molar-refractivity contribution >= 4 is 17.6 Å². The van der Waals surface area contributed by atoms with E-state index in [-0.39, 0.29) is 5.56 Å². The van der Waals surface area contributed by atoms with Gasteiger partial charge in [-0.1, -0.05) is 11.6 Å². The zero-order valence-corrected chi connectivity index (χ0v) is 10.2. The highest BCUT2D eigenvalue weighted by Gasteiger charge is 2.12. The molecule has 0 aliphatic rings. The number of carboxylic acid groups (broad SMARTS) is 1. The van der Waals surface area contributed by atoms with Crippen molar-refractivity contribution in [3.05, 3.63) is 40.2 Å². The van der Waals surface area contributed by atoms with E-state index >= 15 is 0 Å². The van der Waals surface area contributed by atoms with Gasteiger partial charge in [0.1, 0.15) is 0 Å². The van der Waals surface area contributed by atoms with E-state index in [4.69, 9.17) is 16.7 Å². The van der Waals surface area contributed by atoms with Gasteiger partial charge in [0, 0.05) is 16.3 Å². The van der Waals surface area contributed by atoms with E-state index in [0.717, 1.165) is 22.5 Å². The zero-order valence-electron chi connectivity index (χ0n) is 9.41. The topological polar surface area (TPSA) is 66.0 Å². The fraction of sp³-hybridized carbons (Fsp3) is 0.167. The van der Waals surface area contributed by atoms with Crippen LogP contribution in [0.3, 0.4) is 0 Å². The summed E-state index contributed by atoms with van der Waals surface area (Å²) in [4.78, 5) is 11.0. The molecule has 0 spiro atoms. The Bertz CT molecular complexity index is 571. The number of aryl methyl sites for hydroxylation is 2. The number of aromatic nitrogens is 2. The molecule has 2 N–H and O–H groups in total. The maximum absolute atomic E-state index is 11.0. The first-order valence-electron chi connectivity index (χ1n) is 5.05. The molecule has 0 unspecified atom stereocenters. The first kappa shape index (κ1) is 11.7. The van der Waals surface area contributed by atoms with E-state index in [9.17, 15) is 4.79 Å². The highest BCUT2D eigenvalue weighted by Crippen LogP contribution is 2.28. The smallest absolute Gasteiger partial charge is 0.335 e. The van der Waals surface area contributed by atoms with E-state index in [2.05, 4.69) is 10.2 Å². The van der Waals surface area contributed by atoms with Gasteiger partial charge in [-0.05, 0) is 37.6 Å². The Morgan fingerprint density at radius 2 is 2.06 bits per heavy atom. The molecule has 1 aromatic heterocycles. The molecule has 2 aromatic rings. The summed E-state index contributed by atoms with van der Waals surface area (Å²) in [5.41, 5.74) is 3.54. The van der Waals surface area contributed by atoms with Crippen LogP contribution in [0.5, 0.6) is 0 Å². The largest absolute Gasteiger partial charge is 0.478 e. The number of halogens is 1. The summed E-state index contributed by atoms with van der Waals surface area (Å²) in [7, 11) is 0. The molecule has 0 atom stereocenters. The molecule has 0 aliphatic heterocycles. The van der Waals surface area contributed by atoms with Crippen LogP contribution in [0.25, 0.3) is 11.1 Å². The van der Waals surface area contributed by atoms with Crippen LogP contribution in [0.2, 0.25) is 5.02 Å². The van der Waals surface area contributed by atoms with Crippen molar-refractivity contribution in [1.29, 1.82) is 0 Å². The first-order chi connectivity index (χ1) is 7.99. The fourth-order valence-corrected chi connectivity index (χ4v) is 2.07. The maximum Gasteiger partial charge on any atom is 0.335 e. The van der Waals surface area contributed by atoms with Gasteiger partial charge in [0.25, 0.3) is 0 Å². The van der Waals surface area contributed by atoms with Crippen molar-refractivity contribution < 1.29 is 9.90 Å². The molecule has 0 bridgehead atoms. The van der Waals surface area contributed by atoms with Gasteiger partial charge in [0.2, 0.25) is 0 Å². The second kappa shape index (κ2) is 4.22. The van der Waals surface area contributed by atoms with Gasteiger partial charge in [0.15, 0.2) is 0 Å². The Kier molecular flexibility index (Phi) is 2.90. The molecule has 1 heterocycles. The van der Waals surface area contributed by atoms with Gasteiger partial charge >= 0.3 is 5.97 Å². The number of aromatic amines is 1. The van der Waals surface area contributed by atoms with Crippen molar-refractivity contribution in [2.75, 3.05) is 0 Å². The molecule has 0 saturated carbocycles. The second-order valence-corrected chi connectivity index (χ2v) is 4.28. The van der Waals surface area contributed by atoms with E-state index < -0.39 is 5.97 Å². The summed E-state index contributed by atoms with van der Waals surface area (Å²) in [6.07, 6.45) is 0. The number of hydrogen-bond donors (Lipinski definition) is 2. The van der Waals surface area contributed by atoms with Crippen molar-refractivity contribution in [2.24, 2.45) is 0 Å². The second-order valence-electron chi connectivity index (χ2n) is 3.84. The minimum Gasteiger partial charge on any atom is -0.478 e. The van der Waals surface area contributed by atoms with E-state index in [1.54, 1.807) is 12.1 Å². The normalized spacial score (nSPS) is 10.5. The van der Waals surface area contributed by atoms with Crippen LogP contribution in [0.1, 0.15) is 21.7 Å². The molecular weight excluding hydrogens is 240 g/mol. The van der Waals surface area contributed by atoms with Crippen LogP contribution in [-0.4, -0.2) is 21.3 Å². The maximum atomic E-state index is 11.0. The third-order valence-corrected chi connectivity index (χ3v) is 2.78. The molecule has 2 rings (SSSR count). The Morgan fingerprint density at radius 1 is 1.35 bits per heavy atom. The first-order valence-corrected chi connectivity index (χ1v) is 5.42. The van der Waals surface area contributed by atoms with E-state index in [0.29, 0.717) is 5.02 Å². The summed E-state index contributed by atoms with van der Waals surface area (Å²) in [6, 6.07) is 4.76. The summed E-state index contributed by atoms with van der Waals surface area (Å²) >= 11 is 5.92. The summed E-state index contributed by atoms with van der Waals surface area (Å²) < 4.78 is 0. The third kappa shape index (κ3) is 2.17. The quantitative estimate of drug-likeness (QED) is 0.861. The number of hydrogen-bond acceptors (Lipinski definition) is 2. The number of carboxylic acids is 1. The lowest BCUT2D eigenvalue weighted by Gasteiger charge is -2.04. The van der Waals surface area contributed by atoms with Crippen molar-refractivity contribution in [2.45, 2.75) is 13.8 Å². The standard InChI is InChI=1S/C12H11ClN2O2/c1-6-11(7(2)15-14-6)8-3-9(12(16)17)5-10(13)4-8/h3-5H,1-2H3,(H,14,15)(H,16,17). The lowest BCUT2D eigenvalue weighted by atomic mass is 10.0. The van der Waals surface area contributed by atoms with Crippen LogP contribution >= 0.6 is 11.6 Å². The van der Waals surface area contributed by atoms with Gasteiger partial charge < -0.3 is 5.11 Å². The summed E-state index contributed by atoms with van der Waals surface area (Å²) in [5.74, 6) is -0.993. The zero-order chi connectivity index (χ0) is 12.6. The van der Waals surface area contributed by atoms with Crippen molar-refractivity contribution in [3.63, 3.8) is 0 Å². The van der Waals surface area contributed by atoms with Crippen LogP contribution < -0.4 is 0 Å². The Hall–Kier alpha value is -1.81. The number of nitrogens with one attached hydrogen (secondary N) is 1. The average molecular weight is 251 g/mol. The number of H-pyrrole nitrogens is 1. The third-order valence-electron chi connectivity index (χ3n) is 2.56. The SMILES string of the molecule is Cc1n[nH]c(C)c1-c1cc(Cl)cc(C(=O)O)c1. The van der Waals surface area contributed by atoms with Gasteiger partial charge in [0.05, 0.1) is 11.3 Å². The molecule has 0 fully saturated rings. The summed E-state index contributed by atoms with van der Waals surface area (Å²) in [6.45, 7) is 3.75.